The lowest BCUT2D eigenvalue weighted by atomic mass is 9.83. The number of nitrogens with two attached hydrogens (primary N) is 1. The van der Waals surface area contributed by atoms with Crippen molar-refractivity contribution in [2.45, 2.75) is 5.92 Å². The van der Waals surface area contributed by atoms with E-state index in [1.165, 1.54) is 0 Å². The number of rotatable bonds is 2. The minimum atomic E-state index is -0.580. The Labute approximate surface area is 156 Å². The molecule has 0 saturated heterocycles. The number of aromatic amines is 1. The van der Waals surface area contributed by atoms with Crippen molar-refractivity contribution in [1.29, 1.82) is 5.26 Å². The van der Waals surface area contributed by atoms with Gasteiger partial charge < -0.3 is 20.4 Å². The Balaban J connectivity index is 2.00. The van der Waals surface area contributed by atoms with Gasteiger partial charge in [0.15, 0.2) is 0 Å². The summed E-state index contributed by atoms with van der Waals surface area (Å²) >= 11 is 0. The fourth-order valence-electron chi connectivity index (χ4n) is 3.47. The molecular formula is C21H18N4O2. The number of nitriles is 1. The van der Waals surface area contributed by atoms with Gasteiger partial charge in [0, 0.05) is 25.2 Å². The second-order valence-electron chi connectivity index (χ2n) is 6.65. The maximum atomic E-state index is 12.9. The molecule has 0 amide bonds. The Hall–Kier alpha value is -3.72. The average Bonchev–Trinajstić information content (AvgIpc) is 2.67. The van der Waals surface area contributed by atoms with Gasteiger partial charge in [-0.3, -0.25) is 4.79 Å². The molecule has 27 heavy (non-hydrogen) atoms. The molecule has 4 rings (SSSR count). The van der Waals surface area contributed by atoms with Gasteiger partial charge in [0.25, 0.3) is 5.56 Å². The number of nitrogens with one attached hydrogen (secondary N) is 1. The van der Waals surface area contributed by atoms with Crippen molar-refractivity contribution in [2.75, 3.05) is 19.0 Å². The van der Waals surface area contributed by atoms with Crippen molar-refractivity contribution in [3.8, 4) is 11.8 Å². The molecule has 2 aromatic carbocycles. The van der Waals surface area contributed by atoms with Crippen LogP contribution in [0.5, 0.6) is 5.75 Å². The zero-order valence-corrected chi connectivity index (χ0v) is 15.0. The van der Waals surface area contributed by atoms with Crippen LogP contribution >= 0.6 is 0 Å². The van der Waals surface area contributed by atoms with E-state index in [9.17, 15) is 10.1 Å². The number of fused-ring (bicyclic) bond motifs is 3. The highest BCUT2D eigenvalue weighted by Crippen LogP contribution is 2.43. The van der Waals surface area contributed by atoms with Gasteiger partial charge in [0.1, 0.15) is 17.4 Å². The fourth-order valence-corrected chi connectivity index (χ4v) is 3.47. The summed E-state index contributed by atoms with van der Waals surface area (Å²) in [5.74, 6) is -0.140. The second-order valence-corrected chi connectivity index (χ2v) is 6.65. The Morgan fingerprint density at radius 1 is 1.15 bits per heavy atom. The van der Waals surface area contributed by atoms with Crippen LogP contribution < -0.4 is 20.9 Å². The van der Waals surface area contributed by atoms with Crippen molar-refractivity contribution in [3.05, 3.63) is 81.5 Å². The van der Waals surface area contributed by atoms with Gasteiger partial charge in [-0.25, -0.2) is 0 Å². The minimum Gasteiger partial charge on any atom is -0.439 e. The highest BCUT2D eigenvalue weighted by molar-refractivity contribution is 5.87. The molecule has 3 N–H and O–H groups in total. The molecule has 0 aliphatic carbocycles. The first kappa shape index (κ1) is 16.7. The van der Waals surface area contributed by atoms with Crippen molar-refractivity contribution in [2.24, 2.45) is 5.73 Å². The average molecular weight is 358 g/mol. The number of H-pyrrole nitrogens is 1. The lowest BCUT2D eigenvalue weighted by Crippen LogP contribution is -2.27. The van der Waals surface area contributed by atoms with Gasteiger partial charge in [-0.1, -0.05) is 24.3 Å². The molecule has 0 radical (unpaired) electrons. The third-order valence-corrected chi connectivity index (χ3v) is 4.83. The van der Waals surface area contributed by atoms with Crippen LogP contribution in [0.25, 0.3) is 10.9 Å². The predicted molar refractivity (Wildman–Crippen MR) is 105 cm³/mol. The maximum absolute atomic E-state index is 12.9. The lowest BCUT2D eigenvalue weighted by molar-refractivity contribution is 0.397. The highest BCUT2D eigenvalue weighted by Gasteiger charge is 2.34. The van der Waals surface area contributed by atoms with Gasteiger partial charge in [-0.2, -0.15) is 5.26 Å². The first-order chi connectivity index (χ1) is 13.0. The number of allylic oxidation sites excluding steroid dienone is 1. The molecule has 6 heteroatoms. The summed E-state index contributed by atoms with van der Waals surface area (Å²) in [6.45, 7) is 0. The van der Waals surface area contributed by atoms with Crippen molar-refractivity contribution >= 4 is 16.6 Å². The zero-order chi connectivity index (χ0) is 19.1. The lowest BCUT2D eigenvalue weighted by Gasteiger charge is -2.27. The van der Waals surface area contributed by atoms with Crippen LogP contribution in [0.4, 0.5) is 5.69 Å². The third kappa shape index (κ3) is 2.61. The topological polar surface area (TPSA) is 95.1 Å². The molecule has 1 aliphatic rings. The Morgan fingerprint density at radius 3 is 2.52 bits per heavy atom. The zero-order valence-electron chi connectivity index (χ0n) is 15.0. The molecule has 0 saturated carbocycles. The molecule has 0 fully saturated rings. The number of nitrogens with zero attached hydrogens (tertiary/aromatic N) is 2. The van der Waals surface area contributed by atoms with Crippen LogP contribution in [0.15, 0.2) is 64.8 Å². The number of aromatic nitrogens is 1. The minimum absolute atomic E-state index is 0.0300. The van der Waals surface area contributed by atoms with Gasteiger partial charge >= 0.3 is 0 Å². The normalized spacial score (nSPS) is 15.8. The number of ether oxygens (including phenoxy) is 1. The summed E-state index contributed by atoms with van der Waals surface area (Å²) in [5, 5.41) is 10.4. The standard InChI is InChI=1S/C21H18N4O2/c1-25(2)13-9-7-12(8-10-13)17-15(11-22)20(23)27-19-14-5-3-4-6-16(14)24-21(26)18(17)19/h3-10,17H,23H2,1-2H3,(H,24,26)/t17-/m1/s1. The second kappa shape index (κ2) is 6.22. The summed E-state index contributed by atoms with van der Waals surface area (Å²) in [7, 11) is 3.91. The van der Waals surface area contributed by atoms with E-state index in [-0.39, 0.29) is 17.0 Å². The molecule has 134 valence electrons. The summed E-state index contributed by atoms with van der Waals surface area (Å²) < 4.78 is 5.75. The van der Waals surface area contributed by atoms with E-state index in [1.807, 2.05) is 61.5 Å². The molecule has 1 aromatic heterocycles. The number of para-hydroxylation sites is 1. The van der Waals surface area contributed by atoms with Crippen molar-refractivity contribution in [3.63, 3.8) is 0 Å². The van der Waals surface area contributed by atoms with Gasteiger partial charge in [-0.15, -0.1) is 0 Å². The highest BCUT2D eigenvalue weighted by atomic mass is 16.5. The van der Waals surface area contributed by atoms with E-state index < -0.39 is 5.92 Å². The van der Waals surface area contributed by atoms with E-state index in [0.29, 0.717) is 16.8 Å². The van der Waals surface area contributed by atoms with E-state index >= 15 is 0 Å². The van der Waals surface area contributed by atoms with Crippen LogP contribution in [0.3, 0.4) is 0 Å². The van der Waals surface area contributed by atoms with Crippen molar-refractivity contribution in [1.82, 2.24) is 4.98 Å². The Kier molecular flexibility index (Phi) is 3.85. The SMILES string of the molecule is CN(C)c1ccc([C@@H]2C(C#N)=C(N)Oc3c2c(=O)[nH]c2ccccc32)cc1. The molecule has 6 nitrogen and oxygen atoms in total. The molecular weight excluding hydrogens is 340 g/mol. The molecule has 3 aromatic rings. The number of benzene rings is 2. The van der Waals surface area contributed by atoms with E-state index in [1.54, 1.807) is 6.07 Å². The van der Waals surface area contributed by atoms with E-state index in [0.717, 1.165) is 16.6 Å². The van der Waals surface area contributed by atoms with Gasteiger partial charge in [-0.05, 0) is 29.8 Å². The largest absolute Gasteiger partial charge is 0.439 e. The summed E-state index contributed by atoms with van der Waals surface area (Å²) in [6, 6.07) is 17.2. The van der Waals surface area contributed by atoms with Gasteiger partial charge in [0.2, 0.25) is 5.88 Å². The first-order valence-electron chi connectivity index (χ1n) is 8.51. The van der Waals surface area contributed by atoms with Gasteiger partial charge in [0.05, 0.1) is 17.0 Å². The fraction of sp³-hybridized carbons (Fsp3) is 0.143. The summed E-state index contributed by atoms with van der Waals surface area (Å²) in [5.41, 5.74) is 8.91. The molecule has 1 atom stereocenters. The molecule has 1 aliphatic heterocycles. The Bertz CT molecular complexity index is 1170. The van der Waals surface area contributed by atoms with Crippen LogP contribution in [0, 0.1) is 11.3 Å². The molecule has 0 unspecified atom stereocenters. The molecule has 2 heterocycles. The first-order valence-corrected chi connectivity index (χ1v) is 8.51. The van der Waals surface area contributed by atoms with Crippen LogP contribution in [-0.2, 0) is 0 Å². The summed E-state index contributed by atoms with van der Waals surface area (Å²) in [4.78, 5) is 17.8. The number of anilines is 1. The number of hydrogen-bond donors (Lipinski definition) is 2. The molecule has 0 bridgehead atoms. The monoisotopic (exact) mass is 358 g/mol. The smallest absolute Gasteiger partial charge is 0.256 e. The van der Waals surface area contributed by atoms with Crippen LogP contribution in [-0.4, -0.2) is 19.1 Å². The quantitative estimate of drug-likeness (QED) is 0.734. The van der Waals surface area contributed by atoms with Crippen molar-refractivity contribution < 1.29 is 4.74 Å². The number of hydrogen-bond acceptors (Lipinski definition) is 5. The number of pyridine rings is 1. The summed E-state index contributed by atoms with van der Waals surface area (Å²) in [6.07, 6.45) is 0. The maximum Gasteiger partial charge on any atom is 0.256 e. The predicted octanol–water partition coefficient (Wildman–Crippen LogP) is 2.81. The van der Waals surface area contributed by atoms with Crippen LogP contribution in [0.1, 0.15) is 17.0 Å². The van der Waals surface area contributed by atoms with Crippen LogP contribution in [0.2, 0.25) is 0 Å². The Morgan fingerprint density at radius 2 is 1.85 bits per heavy atom. The van der Waals surface area contributed by atoms with E-state index in [4.69, 9.17) is 10.5 Å². The molecule has 0 spiro atoms. The third-order valence-electron chi connectivity index (χ3n) is 4.83. The van der Waals surface area contributed by atoms with E-state index in [2.05, 4.69) is 11.1 Å².